The fourth-order valence-electron chi connectivity index (χ4n) is 2.22. The predicted octanol–water partition coefficient (Wildman–Crippen LogP) is 1.46. The van der Waals surface area contributed by atoms with Crippen LogP contribution in [0.4, 0.5) is 4.39 Å². The maximum atomic E-state index is 14.0. The van der Waals surface area contributed by atoms with Crippen LogP contribution in [0.15, 0.2) is 18.2 Å². The fraction of sp³-hybridized carbons (Fsp3) is 0.385. The van der Waals surface area contributed by atoms with E-state index in [1.807, 2.05) is 6.92 Å². The Morgan fingerprint density at radius 1 is 1.50 bits per heavy atom. The first-order valence-electron chi connectivity index (χ1n) is 5.70. The van der Waals surface area contributed by atoms with E-state index in [2.05, 4.69) is 10.1 Å². The van der Waals surface area contributed by atoms with Gasteiger partial charge in [0.25, 0.3) is 0 Å². The molecule has 1 unspecified atom stereocenters. The summed E-state index contributed by atoms with van der Waals surface area (Å²) in [7, 11) is 1.24. The average molecular weight is 251 g/mol. The van der Waals surface area contributed by atoms with Gasteiger partial charge in [-0.2, -0.15) is 0 Å². The van der Waals surface area contributed by atoms with Gasteiger partial charge in [-0.05, 0) is 18.1 Å². The summed E-state index contributed by atoms with van der Waals surface area (Å²) in [5.41, 5.74) is 0.468. The van der Waals surface area contributed by atoms with Gasteiger partial charge in [-0.3, -0.25) is 4.79 Å². The largest absolute Gasteiger partial charge is 0.465 e. The minimum Gasteiger partial charge on any atom is -0.465 e. The number of carbonyl (C=O) groups excluding carboxylic acids is 2. The second-order valence-electron chi connectivity index (χ2n) is 4.43. The maximum Gasteiger partial charge on any atom is 0.337 e. The topological polar surface area (TPSA) is 55.4 Å². The highest BCUT2D eigenvalue weighted by Gasteiger charge is 2.34. The Hall–Kier alpha value is -1.91. The van der Waals surface area contributed by atoms with E-state index in [0.717, 1.165) is 6.07 Å². The van der Waals surface area contributed by atoms with Crippen molar-refractivity contribution in [1.29, 1.82) is 0 Å². The molecular weight excluding hydrogens is 237 g/mol. The predicted molar refractivity (Wildman–Crippen MR) is 62.7 cm³/mol. The number of ether oxygens (including phenoxy) is 1. The zero-order chi connectivity index (χ0) is 13.3. The van der Waals surface area contributed by atoms with Crippen LogP contribution in [0.25, 0.3) is 0 Å². The molecule has 0 aliphatic carbocycles. The fourth-order valence-corrected chi connectivity index (χ4v) is 2.22. The molecule has 1 heterocycles. The van der Waals surface area contributed by atoms with Crippen molar-refractivity contribution in [3.63, 3.8) is 0 Å². The van der Waals surface area contributed by atoms with Gasteiger partial charge in [-0.1, -0.05) is 13.0 Å². The minimum atomic E-state index is -0.593. The molecule has 0 spiro atoms. The summed E-state index contributed by atoms with van der Waals surface area (Å²) in [6.07, 6.45) is 0. The second kappa shape index (κ2) is 4.76. The highest BCUT2D eigenvalue weighted by Crippen LogP contribution is 2.30. The number of carbonyl (C=O) groups is 2. The number of rotatable bonds is 2. The van der Waals surface area contributed by atoms with Crippen molar-refractivity contribution in [2.24, 2.45) is 5.92 Å². The number of hydrogen-bond donors (Lipinski definition) is 1. The van der Waals surface area contributed by atoms with Crippen LogP contribution in [-0.2, 0) is 9.53 Å². The first-order valence-corrected chi connectivity index (χ1v) is 5.70. The summed E-state index contributed by atoms with van der Waals surface area (Å²) in [4.78, 5) is 22.9. The van der Waals surface area contributed by atoms with E-state index in [1.165, 1.54) is 19.2 Å². The molecule has 4 nitrogen and oxygen atoms in total. The third-order valence-corrected chi connectivity index (χ3v) is 3.21. The van der Waals surface area contributed by atoms with Crippen LogP contribution < -0.4 is 5.32 Å². The van der Waals surface area contributed by atoms with Crippen molar-refractivity contribution in [2.75, 3.05) is 13.7 Å². The van der Waals surface area contributed by atoms with Gasteiger partial charge < -0.3 is 10.1 Å². The van der Waals surface area contributed by atoms with Gasteiger partial charge in [-0.15, -0.1) is 0 Å². The van der Waals surface area contributed by atoms with Crippen molar-refractivity contribution in [1.82, 2.24) is 5.32 Å². The monoisotopic (exact) mass is 251 g/mol. The summed E-state index contributed by atoms with van der Waals surface area (Å²) in [5, 5.41) is 2.70. The van der Waals surface area contributed by atoms with Gasteiger partial charge in [-0.25, -0.2) is 9.18 Å². The normalized spacial score (nSPS) is 22.7. The number of nitrogens with one attached hydrogen (secondary N) is 1. The zero-order valence-corrected chi connectivity index (χ0v) is 10.2. The summed E-state index contributed by atoms with van der Waals surface area (Å²) >= 11 is 0. The standard InChI is InChI=1S/C13H14FNO3/c1-7-6-15-12(16)11(7)9-4-3-8(5-10(9)14)13(17)18-2/h3-5,7,11H,6H2,1-2H3,(H,15,16)/t7?,11-/m1/s1. The molecule has 1 aliphatic rings. The van der Waals surface area contributed by atoms with Crippen LogP contribution in [0.1, 0.15) is 28.8 Å². The first kappa shape index (κ1) is 12.5. The van der Waals surface area contributed by atoms with Crippen molar-refractivity contribution < 1.29 is 18.7 Å². The summed E-state index contributed by atoms with van der Waals surface area (Å²) in [6.45, 7) is 2.43. The Balaban J connectivity index is 2.35. The molecule has 0 bridgehead atoms. The number of amides is 1. The molecular formula is C13H14FNO3. The highest BCUT2D eigenvalue weighted by molar-refractivity contribution is 5.90. The van der Waals surface area contributed by atoms with Gasteiger partial charge in [0.05, 0.1) is 18.6 Å². The summed E-state index contributed by atoms with van der Waals surface area (Å²) in [5.74, 6) is -1.77. The maximum absolute atomic E-state index is 14.0. The lowest BCUT2D eigenvalue weighted by Crippen LogP contribution is -2.19. The molecule has 0 aromatic heterocycles. The Morgan fingerprint density at radius 2 is 2.22 bits per heavy atom. The van der Waals surface area contributed by atoms with E-state index < -0.39 is 17.7 Å². The Kier molecular flexibility index (Phi) is 3.32. The molecule has 1 aliphatic heterocycles. The number of hydrogen-bond acceptors (Lipinski definition) is 3. The van der Waals surface area contributed by atoms with Gasteiger partial charge >= 0.3 is 5.97 Å². The van der Waals surface area contributed by atoms with Crippen LogP contribution in [0.2, 0.25) is 0 Å². The smallest absolute Gasteiger partial charge is 0.337 e. The quantitative estimate of drug-likeness (QED) is 0.810. The van der Waals surface area contributed by atoms with Crippen molar-refractivity contribution in [3.05, 3.63) is 35.1 Å². The molecule has 18 heavy (non-hydrogen) atoms. The summed E-state index contributed by atoms with van der Waals surface area (Å²) < 4.78 is 18.5. The molecule has 1 fully saturated rings. The average Bonchev–Trinajstić information content (AvgIpc) is 2.68. The number of halogens is 1. The third-order valence-electron chi connectivity index (χ3n) is 3.21. The van der Waals surface area contributed by atoms with E-state index in [9.17, 15) is 14.0 Å². The van der Waals surface area contributed by atoms with Gasteiger partial charge in [0.1, 0.15) is 5.82 Å². The van der Waals surface area contributed by atoms with Crippen molar-refractivity contribution in [2.45, 2.75) is 12.8 Å². The Labute approximate surface area is 104 Å². The van der Waals surface area contributed by atoms with E-state index >= 15 is 0 Å². The van der Waals surface area contributed by atoms with E-state index in [1.54, 1.807) is 0 Å². The van der Waals surface area contributed by atoms with Crippen LogP contribution >= 0.6 is 0 Å². The van der Waals surface area contributed by atoms with Crippen molar-refractivity contribution >= 4 is 11.9 Å². The molecule has 1 N–H and O–H groups in total. The molecule has 2 atom stereocenters. The minimum absolute atomic E-state index is 0.0379. The molecule has 0 radical (unpaired) electrons. The third kappa shape index (κ3) is 2.08. The van der Waals surface area contributed by atoms with Gasteiger partial charge in [0.2, 0.25) is 5.91 Å². The van der Waals surface area contributed by atoms with E-state index in [0.29, 0.717) is 12.1 Å². The van der Waals surface area contributed by atoms with Crippen molar-refractivity contribution in [3.8, 4) is 0 Å². The molecule has 1 saturated heterocycles. The SMILES string of the molecule is COC(=O)c1ccc([C@@H]2C(=O)NCC2C)c(F)c1. The van der Waals surface area contributed by atoms with E-state index in [-0.39, 0.29) is 17.4 Å². The molecule has 2 rings (SSSR count). The first-order chi connectivity index (χ1) is 8.54. The molecule has 1 aromatic rings. The number of benzene rings is 1. The molecule has 1 aromatic carbocycles. The Bertz CT molecular complexity index is 501. The molecule has 0 saturated carbocycles. The number of esters is 1. The lowest BCUT2D eigenvalue weighted by atomic mass is 9.89. The Morgan fingerprint density at radius 3 is 2.72 bits per heavy atom. The lowest BCUT2D eigenvalue weighted by Gasteiger charge is -2.14. The van der Waals surface area contributed by atoms with Gasteiger partial charge in [0.15, 0.2) is 0 Å². The molecule has 96 valence electrons. The number of methoxy groups -OCH3 is 1. The lowest BCUT2D eigenvalue weighted by molar-refractivity contribution is -0.120. The van der Waals surface area contributed by atoms with Crippen LogP contribution in [-0.4, -0.2) is 25.5 Å². The molecule has 1 amide bonds. The van der Waals surface area contributed by atoms with Crippen LogP contribution in [0.3, 0.4) is 0 Å². The van der Waals surface area contributed by atoms with Crippen LogP contribution in [0.5, 0.6) is 0 Å². The van der Waals surface area contributed by atoms with Gasteiger partial charge in [0, 0.05) is 12.1 Å². The zero-order valence-electron chi connectivity index (χ0n) is 10.2. The van der Waals surface area contributed by atoms with Crippen LogP contribution in [0, 0.1) is 11.7 Å². The van der Waals surface area contributed by atoms with E-state index in [4.69, 9.17) is 0 Å². The summed E-state index contributed by atoms with van der Waals surface area (Å²) in [6, 6.07) is 4.07. The highest BCUT2D eigenvalue weighted by atomic mass is 19.1. The molecule has 5 heteroatoms. The second-order valence-corrected chi connectivity index (χ2v) is 4.43.